The van der Waals surface area contributed by atoms with Gasteiger partial charge in [-0.25, -0.2) is 17.6 Å². The quantitative estimate of drug-likeness (QED) is 0.435. The average Bonchev–Trinajstić information content (AvgIpc) is 2.16. The van der Waals surface area contributed by atoms with Gasteiger partial charge in [0.2, 0.25) is 0 Å². The van der Waals surface area contributed by atoms with E-state index in [9.17, 15) is 22.4 Å². The zero-order valence-electron chi connectivity index (χ0n) is 7.86. The number of halogens is 4. The van der Waals surface area contributed by atoms with E-state index in [4.69, 9.17) is 0 Å². The third-order valence-corrected chi connectivity index (χ3v) is 2.09. The molecule has 1 aromatic rings. The van der Waals surface area contributed by atoms with Gasteiger partial charge in [0.25, 0.3) is 0 Å². The Morgan fingerprint density at radius 2 is 1.67 bits per heavy atom. The van der Waals surface area contributed by atoms with Crippen LogP contribution in [0, 0.1) is 23.3 Å². The highest BCUT2D eigenvalue weighted by molar-refractivity contribution is 5.51. The molecule has 15 heavy (non-hydrogen) atoms. The summed E-state index contributed by atoms with van der Waals surface area (Å²) in [5.74, 6) is -6.69. The predicted molar refractivity (Wildman–Crippen MR) is 45.4 cm³/mol. The van der Waals surface area contributed by atoms with Crippen LogP contribution in [0.2, 0.25) is 0 Å². The van der Waals surface area contributed by atoms with E-state index in [1.807, 2.05) is 0 Å². The third kappa shape index (κ3) is 2.16. The Kier molecular flexibility index (Phi) is 3.44. The number of hydrogen-bond acceptors (Lipinski definition) is 1. The molecule has 0 aliphatic rings. The molecule has 1 unspecified atom stereocenters. The van der Waals surface area contributed by atoms with E-state index in [0.717, 1.165) is 0 Å². The highest BCUT2D eigenvalue weighted by atomic mass is 19.2. The normalized spacial score (nSPS) is 12.6. The van der Waals surface area contributed by atoms with Crippen molar-refractivity contribution >= 4 is 6.29 Å². The summed E-state index contributed by atoms with van der Waals surface area (Å²) in [5.41, 5.74) is -0.723. The monoisotopic (exact) mass is 220 g/mol. The van der Waals surface area contributed by atoms with Gasteiger partial charge in [-0.15, -0.1) is 0 Å². The minimum atomic E-state index is -1.46. The topological polar surface area (TPSA) is 17.1 Å². The van der Waals surface area contributed by atoms with E-state index in [1.54, 1.807) is 0 Å². The van der Waals surface area contributed by atoms with Crippen LogP contribution in [-0.2, 0) is 4.79 Å². The Morgan fingerprint density at radius 3 is 2.07 bits per heavy atom. The third-order valence-electron chi connectivity index (χ3n) is 2.09. The van der Waals surface area contributed by atoms with Crippen LogP contribution in [0.25, 0.3) is 0 Å². The van der Waals surface area contributed by atoms with Crippen LogP contribution in [0.1, 0.15) is 24.8 Å². The molecule has 1 rings (SSSR count). The van der Waals surface area contributed by atoms with Gasteiger partial charge in [0.1, 0.15) is 6.29 Å². The van der Waals surface area contributed by atoms with E-state index in [2.05, 4.69) is 0 Å². The number of benzene rings is 1. The maximum atomic E-state index is 13.1. The molecule has 0 bridgehead atoms. The summed E-state index contributed by atoms with van der Waals surface area (Å²) in [7, 11) is 0. The fourth-order valence-corrected chi connectivity index (χ4v) is 1.29. The first-order chi connectivity index (χ1) is 6.99. The summed E-state index contributed by atoms with van der Waals surface area (Å²) in [6.45, 7) is 1.31. The van der Waals surface area contributed by atoms with Crippen LogP contribution in [0.15, 0.2) is 6.07 Å². The van der Waals surface area contributed by atoms with Gasteiger partial charge in [0.15, 0.2) is 23.3 Å². The van der Waals surface area contributed by atoms with Crippen molar-refractivity contribution in [3.63, 3.8) is 0 Å². The number of rotatable bonds is 3. The average molecular weight is 220 g/mol. The number of hydrogen-bond donors (Lipinski definition) is 0. The molecule has 0 amide bonds. The van der Waals surface area contributed by atoms with E-state index >= 15 is 0 Å². The molecule has 1 atom stereocenters. The summed E-state index contributed by atoms with van der Waals surface area (Å²) in [6, 6.07) is 0.141. The van der Waals surface area contributed by atoms with Gasteiger partial charge < -0.3 is 4.79 Å². The van der Waals surface area contributed by atoms with Crippen LogP contribution in [0.4, 0.5) is 17.6 Å². The number of carbonyl (C=O) groups is 1. The molecule has 82 valence electrons. The van der Waals surface area contributed by atoms with Gasteiger partial charge in [-0.2, -0.15) is 0 Å². The Labute approximate surface area is 83.7 Å². The molecule has 0 saturated heterocycles. The second-order valence-electron chi connectivity index (χ2n) is 3.19. The standard InChI is InChI=1S/C10H8F4O/c1-5(2-3-15)8-9(13)6(11)4-7(12)10(8)14/h3-5H,2H2,1H3. The van der Waals surface area contributed by atoms with Gasteiger partial charge in [0, 0.05) is 18.1 Å². The Balaban J connectivity index is 3.31. The molecule has 0 spiro atoms. The molecular weight excluding hydrogens is 212 g/mol. The summed E-state index contributed by atoms with van der Waals surface area (Å²) in [6.07, 6.45) is 0.239. The van der Waals surface area contributed by atoms with Crippen molar-refractivity contribution in [1.82, 2.24) is 0 Å². The highest BCUT2D eigenvalue weighted by Crippen LogP contribution is 2.27. The molecule has 0 N–H and O–H groups in total. The van der Waals surface area contributed by atoms with Crippen molar-refractivity contribution in [3.05, 3.63) is 34.9 Å². The van der Waals surface area contributed by atoms with Crippen molar-refractivity contribution in [2.24, 2.45) is 0 Å². The van der Waals surface area contributed by atoms with Gasteiger partial charge in [-0.1, -0.05) is 6.92 Å². The van der Waals surface area contributed by atoms with Gasteiger partial charge >= 0.3 is 0 Å². The van der Waals surface area contributed by atoms with Crippen molar-refractivity contribution in [1.29, 1.82) is 0 Å². The molecule has 1 nitrogen and oxygen atoms in total. The fraction of sp³-hybridized carbons (Fsp3) is 0.300. The smallest absolute Gasteiger partial charge is 0.165 e. The SMILES string of the molecule is CC(CC=O)c1c(F)c(F)cc(F)c1F. The first kappa shape index (κ1) is 11.7. The Hall–Kier alpha value is -1.39. The predicted octanol–water partition coefficient (Wildman–Crippen LogP) is 2.94. The van der Waals surface area contributed by atoms with Crippen LogP contribution in [-0.4, -0.2) is 6.29 Å². The van der Waals surface area contributed by atoms with Crippen molar-refractivity contribution in [3.8, 4) is 0 Å². The minimum Gasteiger partial charge on any atom is -0.303 e. The van der Waals surface area contributed by atoms with E-state index in [0.29, 0.717) is 6.29 Å². The van der Waals surface area contributed by atoms with Crippen molar-refractivity contribution in [2.45, 2.75) is 19.3 Å². The molecule has 1 aromatic carbocycles. The zero-order chi connectivity index (χ0) is 11.6. The van der Waals surface area contributed by atoms with Crippen LogP contribution in [0.5, 0.6) is 0 Å². The maximum Gasteiger partial charge on any atom is 0.165 e. The molecule has 0 heterocycles. The Morgan fingerprint density at radius 1 is 1.20 bits per heavy atom. The van der Waals surface area contributed by atoms with Crippen LogP contribution >= 0.6 is 0 Å². The zero-order valence-corrected chi connectivity index (χ0v) is 7.86. The lowest BCUT2D eigenvalue weighted by Gasteiger charge is -2.11. The molecule has 0 fully saturated rings. The first-order valence-corrected chi connectivity index (χ1v) is 4.25. The van der Waals surface area contributed by atoms with Gasteiger partial charge in [-0.3, -0.25) is 0 Å². The van der Waals surface area contributed by atoms with E-state index in [1.165, 1.54) is 6.92 Å². The van der Waals surface area contributed by atoms with E-state index in [-0.39, 0.29) is 12.5 Å². The van der Waals surface area contributed by atoms with Crippen LogP contribution in [0.3, 0.4) is 0 Å². The lowest BCUT2D eigenvalue weighted by atomic mass is 9.97. The van der Waals surface area contributed by atoms with Gasteiger partial charge in [-0.05, 0) is 5.92 Å². The first-order valence-electron chi connectivity index (χ1n) is 4.25. The number of aldehydes is 1. The summed E-state index contributed by atoms with van der Waals surface area (Å²) < 4.78 is 51.7. The molecular formula is C10H8F4O. The molecule has 0 aromatic heterocycles. The van der Waals surface area contributed by atoms with Crippen LogP contribution < -0.4 is 0 Å². The molecule has 5 heteroatoms. The Bertz CT molecular complexity index is 363. The lowest BCUT2D eigenvalue weighted by molar-refractivity contribution is -0.108. The largest absolute Gasteiger partial charge is 0.303 e. The lowest BCUT2D eigenvalue weighted by Crippen LogP contribution is -2.06. The maximum absolute atomic E-state index is 13.1. The highest BCUT2D eigenvalue weighted by Gasteiger charge is 2.22. The molecule has 0 aliphatic heterocycles. The molecule has 0 radical (unpaired) electrons. The molecule has 0 aliphatic carbocycles. The molecule has 0 saturated carbocycles. The summed E-state index contributed by atoms with van der Waals surface area (Å²) >= 11 is 0. The summed E-state index contributed by atoms with van der Waals surface area (Å²) in [5, 5.41) is 0. The second kappa shape index (κ2) is 4.42. The van der Waals surface area contributed by atoms with Crippen molar-refractivity contribution in [2.75, 3.05) is 0 Å². The van der Waals surface area contributed by atoms with E-state index < -0.39 is 34.8 Å². The summed E-state index contributed by atoms with van der Waals surface area (Å²) in [4.78, 5) is 10.1. The van der Waals surface area contributed by atoms with Crippen molar-refractivity contribution < 1.29 is 22.4 Å². The second-order valence-corrected chi connectivity index (χ2v) is 3.19. The minimum absolute atomic E-state index is 0.141. The van der Waals surface area contributed by atoms with Gasteiger partial charge in [0.05, 0.1) is 0 Å². The number of carbonyl (C=O) groups excluding carboxylic acids is 1. The fourth-order valence-electron chi connectivity index (χ4n) is 1.29.